The van der Waals surface area contributed by atoms with Gasteiger partial charge in [-0.15, -0.1) is 0 Å². The molecule has 48 heavy (non-hydrogen) atoms. The fraction of sp³-hybridized carbons (Fsp3) is 0.286. The molecule has 0 atom stereocenters. The summed E-state index contributed by atoms with van der Waals surface area (Å²) in [6, 6.07) is 16.6. The molecule has 5 rings (SSSR count). The number of carboxylic acids is 1. The van der Waals surface area contributed by atoms with Crippen molar-refractivity contribution in [3.8, 4) is 17.8 Å². The van der Waals surface area contributed by atoms with Crippen molar-refractivity contribution < 1.29 is 28.6 Å². The first-order valence-electron chi connectivity index (χ1n) is 15.5. The average molecular weight is 654 g/mol. The van der Waals surface area contributed by atoms with E-state index in [0.29, 0.717) is 66.7 Å². The molecule has 2 aromatic heterocycles. The van der Waals surface area contributed by atoms with Crippen molar-refractivity contribution in [1.82, 2.24) is 19.4 Å². The number of nitrogens with zero attached hydrogens (tertiary/aromatic N) is 5. The minimum atomic E-state index is -1.05. The summed E-state index contributed by atoms with van der Waals surface area (Å²) in [6.07, 6.45) is 7.39. The fourth-order valence-corrected chi connectivity index (χ4v) is 5.23. The quantitative estimate of drug-likeness (QED) is 0.157. The summed E-state index contributed by atoms with van der Waals surface area (Å²) in [6.45, 7) is 4.72. The predicted octanol–water partition coefficient (Wildman–Crippen LogP) is 5.08. The average Bonchev–Trinajstić information content (AvgIpc) is 3.55. The third-order valence-corrected chi connectivity index (χ3v) is 7.78. The number of ether oxygens (including phenoxy) is 2. The second-order valence-corrected chi connectivity index (χ2v) is 11.2. The number of pyridine rings is 1. The topological polar surface area (TPSA) is 155 Å². The molecule has 3 heterocycles. The zero-order valence-electron chi connectivity index (χ0n) is 26.4. The molecule has 0 aliphatic carbocycles. The molecule has 2 aromatic carbocycles. The third-order valence-electron chi connectivity index (χ3n) is 7.78. The number of aryl methyl sites for hydroxylation is 1. The Kier molecular flexibility index (Phi) is 11.3. The van der Waals surface area contributed by atoms with Crippen molar-refractivity contribution >= 4 is 29.3 Å². The number of aliphatic carboxylic acids is 1. The van der Waals surface area contributed by atoms with Crippen LogP contribution in [0.3, 0.4) is 0 Å². The maximum absolute atomic E-state index is 14.2. The zero-order chi connectivity index (χ0) is 33.9. The molecule has 1 fully saturated rings. The lowest BCUT2D eigenvalue weighted by molar-refractivity contribution is -0.131. The summed E-state index contributed by atoms with van der Waals surface area (Å²) in [7, 11) is 0. The van der Waals surface area contributed by atoms with Crippen molar-refractivity contribution in [1.29, 1.82) is 5.26 Å². The van der Waals surface area contributed by atoms with E-state index in [1.54, 1.807) is 48.9 Å². The highest BCUT2D eigenvalue weighted by atomic mass is 19.1. The van der Waals surface area contributed by atoms with Crippen molar-refractivity contribution in [3.63, 3.8) is 0 Å². The van der Waals surface area contributed by atoms with Crippen LogP contribution in [0.25, 0.3) is 6.08 Å². The summed E-state index contributed by atoms with van der Waals surface area (Å²) in [5.74, 6) is -1.04. The van der Waals surface area contributed by atoms with Crippen LogP contribution in [0.4, 0.5) is 15.8 Å². The van der Waals surface area contributed by atoms with E-state index >= 15 is 0 Å². The number of likely N-dealkylation sites (tertiary alicyclic amines) is 1. The number of nitrogens with one attached hydrogen (secondary N) is 2. The first kappa shape index (κ1) is 33.6. The first-order chi connectivity index (χ1) is 23.3. The van der Waals surface area contributed by atoms with Gasteiger partial charge in [-0.2, -0.15) is 10.2 Å². The zero-order valence-corrected chi connectivity index (χ0v) is 26.4. The van der Waals surface area contributed by atoms with E-state index in [1.165, 1.54) is 24.3 Å². The van der Waals surface area contributed by atoms with Crippen LogP contribution in [-0.2, 0) is 29.3 Å². The van der Waals surface area contributed by atoms with Gasteiger partial charge in [0.05, 0.1) is 48.1 Å². The third kappa shape index (κ3) is 9.40. The summed E-state index contributed by atoms with van der Waals surface area (Å²) >= 11 is 0. The number of aromatic nitrogens is 3. The van der Waals surface area contributed by atoms with Gasteiger partial charge in [-0.1, -0.05) is 18.2 Å². The smallest absolute Gasteiger partial charge is 0.328 e. The van der Waals surface area contributed by atoms with Crippen LogP contribution in [0.2, 0.25) is 0 Å². The van der Waals surface area contributed by atoms with Crippen LogP contribution in [0, 0.1) is 17.1 Å². The van der Waals surface area contributed by atoms with E-state index in [0.717, 1.165) is 18.3 Å². The van der Waals surface area contributed by atoms with Gasteiger partial charge >= 0.3 is 5.97 Å². The Hall–Kier alpha value is -5.74. The minimum Gasteiger partial charge on any atom is -0.478 e. The van der Waals surface area contributed by atoms with Gasteiger partial charge in [-0.3, -0.25) is 9.69 Å². The van der Waals surface area contributed by atoms with Crippen molar-refractivity contribution in [2.45, 2.75) is 45.6 Å². The Bertz CT molecular complexity index is 1810. The molecule has 3 N–H and O–H groups in total. The van der Waals surface area contributed by atoms with E-state index in [4.69, 9.17) is 19.8 Å². The molecule has 4 aromatic rings. The van der Waals surface area contributed by atoms with Crippen LogP contribution in [0.5, 0.6) is 11.8 Å². The van der Waals surface area contributed by atoms with E-state index in [1.807, 2.05) is 17.6 Å². The van der Waals surface area contributed by atoms with Gasteiger partial charge in [0.1, 0.15) is 18.5 Å². The number of nitriles is 1. The number of hydrogen-bond acceptors (Lipinski definition) is 9. The number of hydrogen-bond donors (Lipinski definition) is 3. The second kappa shape index (κ2) is 16.2. The van der Waals surface area contributed by atoms with Gasteiger partial charge in [-0.05, 0) is 55.7 Å². The van der Waals surface area contributed by atoms with Gasteiger partial charge < -0.3 is 29.8 Å². The monoisotopic (exact) mass is 653 g/mol. The summed E-state index contributed by atoms with van der Waals surface area (Å²) in [5.41, 5.74) is 3.45. The molecule has 13 heteroatoms. The highest BCUT2D eigenvalue weighted by Gasteiger charge is 2.23. The summed E-state index contributed by atoms with van der Waals surface area (Å²) in [4.78, 5) is 34.8. The maximum atomic E-state index is 14.2. The van der Waals surface area contributed by atoms with Crippen LogP contribution < -0.4 is 20.1 Å². The lowest BCUT2D eigenvalue weighted by atomic mass is 10.1. The molecule has 12 nitrogen and oxygen atoms in total. The molecule has 1 aliphatic heterocycles. The van der Waals surface area contributed by atoms with Gasteiger partial charge in [0.25, 0.3) is 0 Å². The summed E-state index contributed by atoms with van der Waals surface area (Å²) < 4.78 is 28.0. The molecule has 0 unspecified atom stereocenters. The van der Waals surface area contributed by atoms with Crippen LogP contribution in [-0.4, -0.2) is 62.2 Å². The minimum absolute atomic E-state index is 0.0393. The van der Waals surface area contributed by atoms with Crippen molar-refractivity contribution in [2.75, 3.05) is 30.3 Å². The van der Waals surface area contributed by atoms with E-state index in [-0.39, 0.29) is 30.7 Å². The fourth-order valence-electron chi connectivity index (χ4n) is 5.23. The van der Waals surface area contributed by atoms with Crippen molar-refractivity contribution in [3.05, 3.63) is 101 Å². The highest BCUT2D eigenvalue weighted by Crippen LogP contribution is 2.26. The standard InChI is InChI=1S/C35H36FN7O5/c1-2-43-23-38-19-27(43)20-39-31-17-24(8-11-35(45)46)7-10-30(31)40-32(44)21-42-14-12-28(13-15-42)48-34-5-3-4-33(41-34)47-22-26-9-6-25(18-37)16-29(26)36/h3-11,16-17,19,23,28,39H,2,12-15,20-22H2,1H3,(H,40,44)(H,45,46)/b11-8+. The largest absolute Gasteiger partial charge is 0.478 e. The molecule has 0 spiro atoms. The number of imidazole rings is 1. The second-order valence-electron chi connectivity index (χ2n) is 11.2. The Morgan fingerprint density at radius 1 is 1.12 bits per heavy atom. The van der Waals surface area contributed by atoms with Crippen LogP contribution in [0.15, 0.2) is 73.2 Å². The molecule has 0 radical (unpaired) electrons. The van der Waals surface area contributed by atoms with Gasteiger partial charge in [0.2, 0.25) is 17.7 Å². The number of piperidine rings is 1. The Morgan fingerprint density at radius 3 is 2.69 bits per heavy atom. The number of benzene rings is 2. The number of carbonyl (C=O) groups excluding carboxylic acids is 1. The lowest BCUT2D eigenvalue weighted by Gasteiger charge is -2.31. The molecule has 1 saturated heterocycles. The van der Waals surface area contributed by atoms with Crippen LogP contribution in [0.1, 0.15) is 42.1 Å². The van der Waals surface area contributed by atoms with Crippen molar-refractivity contribution in [2.24, 2.45) is 0 Å². The highest BCUT2D eigenvalue weighted by molar-refractivity contribution is 5.96. The Morgan fingerprint density at radius 2 is 1.94 bits per heavy atom. The predicted molar refractivity (Wildman–Crippen MR) is 177 cm³/mol. The number of anilines is 2. The van der Waals surface area contributed by atoms with Gasteiger partial charge in [-0.25, -0.2) is 14.2 Å². The maximum Gasteiger partial charge on any atom is 0.328 e. The normalized spacial score (nSPS) is 13.6. The summed E-state index contributed by atoms with van der Waals surface area (Å²) in [5, 5.41) is 24.3. The number of carboxylic acid groups (broad SMARTS) is 1. The molecule has 1 aliphatic rings. The molecular weight excluding hydrogens is 617 g/mol. The SMILES string of the molecule is CCn1cncc1CNc1cc(/C=C/C(=O)O)ccc1NC(=O)CN1CCC(Oc2cccc(OCc3ccc(C#N)cc3F)n2)CC1. The Labute approximate surface area is 277 Å². The van der Waals surface area contributed by atoms with Crippen LogP contribution >= 0.6 is 0 Å². The number of amides is 1. The molecule has 1 amide bonds. The molecular formula is C35H36FN7O5. The van der Waals surface area contributed by atoms with E-state index in [9.17, 15) is 14.0 Å². The lowest BCUT2D eigenvalue weighted by Crippen LogP contribution is -2.42. The number of rotatable bonds is 14. The van der Waals surface area contributed by atoms with E-state index in [2.05, 4.69) is 25.5 Å². The van der Waals surface area contributed by atoms with Gasteiger partial charge in [0, 0.05) is 49.6 Å². The Balaban J connectivity index is 1.12. The van der Waals surface area contributed by atoms with Gasteiger partial charge in [0.15, 0.2) is 0 Å². The number of carbonyl (C=O) groups is 2. The van der Waals surface area contributed by atoms with E-state index < -0.39 is 11.8 Å². The molecule has 0 bridgehead atoms. The number of halogens is 1. The molecule has 248 valence electrons. The first-order valence-corrected chi connectivity index (χ1v) is 15.5. The molecule has 0 saturated carbocycles.